The second kappa shape index (κ2) is 6.05. The first-order valence-corrected chi connectivity index (χ1v) is 6.64. The van der Waals surface area contributed by atoms with Crippen molar-refractivity contribution in [3.05, 3.63) is 29.1 Å². The van der Waals surface area contributed by atoms with Crippen LogP contribution in [0, 0.1) is 5.82 Å². The average molecular weight is 256 g/mol. The van der Waals surface area contributed by atoms with Crippen molar-refractivity contribution in [3.8, 4) is 5.75 Å². The van der Waals surface area contributed by atoms with E-state index < -0.39 is 5.82 Å². The van der Waals surface area contributed by atoms with Crippen LogP contribution in [0.3, 0.4) is 0 Å². The lowest BCUT2D eigenvalue weighted by molar-refractivity contribution is 0.101. The van der Waals surface area contributed by atoms with Crippen molar-refractivity contribution in [2.45, 2.75) is 38.2 Å². The van der Waals surface area contributed by atoms with E-state index in [2.05, 4.69) is 13.8 Å². The van der Waals surface area contributed by atoms with E-state index in [1.807, 2.05) is 0 Å². The van der Waals surface area contributed by atoms with Crippen molar-refractivity contribution in [2.24, 2.45) is 0 Å². The van der Waals surface area contributed by atoms with E-state index in [0.717, 1.165) is 12.5 Å². The summed E-state index contributed by atoms with van der Waals surface area (Å²) < 4.78 is 13.3. The number of benzene rings is 1. The number of ketones is 1. The number of thioether (sulfide) groups is 1. The minimum atomic E-state index is -0.479. The molecule has 0 heterocycles. The van der Waals surface area contributed by atoms with Gasteiger partial charge in [-0.2, -0.15) is 11.8 Å². The van der Waals surface area contributed by atoms with Crippen LogP contribution in [0.1, 0.15) is 43.1 Å². The molecule has 0 amide bonds. The van der Waals surface area contributed by atoms with E-state index in [1.165, 1.54) is 13.0 Å². The smallest absolute Gasteiger partial charge is 0.163 e. The Morgan fingerprint density at radius 2 is 2.18 bits per heavy atom. The van der Waals surface area contributed by atoms with Gasteiger partial charge in [0.05, 0.1) is 5.56 Å². The maximum absolute atomic E-state index is 13.3. The first-order chi connectivity index (χ1) is 7.95. The van der Waals surface area contributed by atoms with Gasteiger partial charge >= 0.3 is 0 Å². The fourth-order valence-electron chi connectivity index (χ4n) is 1.38. The second-order valence-corrected chi connectivity index (χ2v) is 5.47. The normalized spacial score (nSPS) is 12.5. The molecule has 0 aliphatic carbocycles. The molecule has 94 valence electrons. The third-order valence-electron chi connectivity index (χ3n) is 2.63. The molecule has 0 aliphatic rings. The van der Waals surface area contributed by atoms with Gasteiger partial charge in [0.25, 0.3) is 0 Å². The molecule has 17 heavy (non-hydrogen) atoms. The van der Waals surface area contributed by atoms with Crippen molar-refractivity contribution >= 4 is 17.5 Å². The Labute approximate surface area is 105 Å². The van der Waals surface area contributed by atoms with E-state index in [0.29, 0.717) is 16.6 Å². The lowest BCUT2D eigenvalue weighted by Gasteiger charge is -2.11. The molecular formula is C13H17FO2S. The fourth-order valence-corrected chi connectivity index (χ4v) is 2.30. The SMILES string of the molecule is CCC(C)SCc1cc(F)cc(C(C)=O)c1O. The van der Waals surface area contributed by atoms with Crippen LogP contribution in [0.4, 0.5) is 4.39 Å². The molecule has 0 saturated carbocycles. The zero-order valence-corrected chi connectivity index (χ0v) is 11.1. The van der Waals surface area contributed by atoms with E-state index in [9.17, 15) is 14.3 Å². The third-order valence-corrected chi connectivity index (χ3v) is 4.01. The van der Waals surface area contributed by atoms with Gasteiger partial charge in [-0.05, 0) is 25.5 Å². The van der Waals surface area contributed by atoms with Gasteiger partial charge in [-0.15, -0.1) is 0 Å². The Morgan fingerprint density at radius 3 is 2.71 bits per heavy atom. The number of aromatic hydroxyl groups is 1. The third kappa shape index (κ3) is 3.73. The average Bonchev–Trinajstić information content (AvgIpc) is 2.28. The molecule has 4 heteroatoms. The molecule has 0 aliphatic heterocycles. The highest BCUT2D eigenvalue weighted by Gasteiger charge is 2.14. The predicted octanol–water partition coefficient (Wildman–Crippen LogP) is 3.77. The topological polar surface area (TPSA) is 37.3 Å². The van der Waals surface area contributed by atoms with Gasteiger partial charge in [0, 0.05) is 16.6 Å². The van der Waals surface area contributed by atoms with Gasteiger partial charge in [0.15, 0.2) is 5.78 Å². The highest BCUT2D eigenvalue weighted by molar-refractivity contribution is 7.99. The maximum atomic E-state index is 13.3. The van der Waals surface area contributed by atoms with E-state index in [4.69, 9.17) is 0 Å². The van der Waals surface area contributed by atoms with Gasteiger partial charge in [-0.1, -0.05) is 13.8 Å². The molecule has 1 aromatic carbocycles. The molecule has 2 nitrogen and oxygen atoms in total. The Morgan fingerprint density at radius 1 is 1.53 bits per heavy atom. The Hall–Kier alpha value is -1.03. The lowest BCUT2D eigenvalue weighted by atomic mass is 10.1. The number of carbonyl (C=O) groups is 1. The Balaban J connectivity index is 2.95. The maximum Gasteiger partial charge on any atom is 0.163 e. The summed E-state index contributed by atoms with van der Waals surface area (Å²) in [5.74, 6) is -0.377. The number of hydrogen-bond acceptors (Lipinski definition) is 3. The van der Waals surface area contributed by atoms with E-state index >= 15 is 0 Å². The van der Waals surface area contributed by atoms with Crippen molar-refractivity contribution in [2.75, 3.05) is 0 Å². The largest absolute Gasteiger partial charge is 0.507 e. The zero-order chi connectivity index (χ0) is 13.0. The number of Topliss-reactive ketones (excluding diaryl/α,β-unsaturated/α-hetero) is 1. The molecular weight excluding hydrogens is 239 g/mol. The minimum Gasteiger partial charge on any atom is -0.507 e. The summed E-state index contributed by atoms with van der Waals surface area (Å²) in [6.45, 7) is 5.47. The number of halogens is 1. The van der Waals surface area contributed by atoms with Crippen LogP contribution in [0.25, 0.3) is 0 Å². The van der Waals surface area contributed by atoms with Crippen LogP contribution in [-0.4, -0.2) is 16.1 Å². The number of phenols is 1. The summed E-state index contributed by atoms with van der Waals surface area (Å²) in [4.78, 5) is 11.2. The van der Waals surface area contributed by atoms with Crippen LogP contribution in [0.2, 0.25) is 0 Å². The molecule has 1 unspecified atom stereocenters. The predicted molar refractivity (Wildman–Crippen MR) is 69.1 cm³/mol. The minimum absolute atomic E-state index is 0.0600. The molecule has 1 aromatic rings. The van der Waals surface area contributed by atoms with Crippen molar-refractivity contribution in [3.63, 3.8) is 0 Å². The summed E-state index contributed by atoms with van der Waals surface area (Å²) in [5.41, 5.74) is 0.547. The van der Waals surface area contributed by atoms with E-state index in [-0.39, 0.29) is 17.1 Å². The van der Waals surface area contributed by atoms with Crippen molar-refractivity contribution in [1.29, 1.82) is 0 Å². The highest BCUT2D eigenvalue weighted by Crippen LogP contribution is 2.30. The molecule has 1 N–H and O–H groups in total. The summed E-state index contributed by atoms with van der Waals surface area (Å²) in [6, 6.07) is 2.37. The van der Waals surface area contributed by atoms with Crippen LogP contribution >= 0.6 is 11.8 Å². The lowest BCUT2D eigenvalue weighted by Crippen LogP contribution is -1.99. The monoisotopic (exact) mass is 256 g/mol. The summed E-state index contributed by atoms with van der Waals surface area (Å²) in [5, 5.41) is 10.3. The molecule has 0 fully saturated rings. The quantitative estimate of drug-likeness (QED) is 0.815. The highest BCUT2D eigenvalue weighted by atomic mass is 32.2. The van der Waals surface area contributed by atoms with Crippen molar-refractivity contribution in [1.82, 2.24) is 0 Å². The van der Waals surface area contributed by atoms with Crippen molar-refractivity contribution < 1.29 is 14.3 Å². The first-order valence-electron chi connectivity index (χ1n) is 5.59. The van der Waals surface area contributed by atoms with Crippen LogP contribution in [0.5, 0.6) is 5.75 Å². The fraction of sp³-hybridized carbons (Fsp3) is 0.462. The Bertz CT molecular complexity index is 418. The molecule has 0 saturated heterocycles. The van der Waals surface area contributed by atoms with Gasteiger partial charge in [0.2, 0.25) is 0 Å². The Kier molecular flexibility index (Phi) is 5.00. The molecule has 1 rings (SSSR count). The summed E-state index contributed by atoms with van der Waals surface area (Å²) in [7, 11) is 0. The van der Waals surface area contributed by atoms with Crippen LogP contribution in [-0.2, 0) is 5.75 Å². The number of phenolic OH excluding ortho intramolecular Hbond substituents is 1. The molecule has 1 atom stereocenters. The number of hydrogen-bond donors (Lipinski definition) is 1. The standard InChI is InChI=1S/C13H17FO2S/c1-4-8(2)17-7-10-5-11(14)6-12(9(3)15)13(10)16/h5-6,8,16H,4,7H2,1-3H3. The van der Waals surface area contributed by atoms with Gasteiger partial charge in [0.1, 0.15) is 11.6 Å². The zero-order valence-electron chi connectivity index (χ0n) is 10.3. The summed E-state index contributed by atoms with van der Waals surface area (Å²) in [6.07, 6.45) is 1.01. The molecule has 0 aromatic heterocycles. The number of rotatable bonds is 5. The molecule has 0 bridgehead atoms. The second-order valence-electron chi connectivity index (χ2n) is 4.05. The first kappa shape index (κ1) is 14.0. The van der Waals surface area contributed by atoms with Gasteiger partial charge < -0.3 is 5.11 Å². The number of carbonyl (C=O) groups excluding carboxylic acids is 1. The van der Waals surface area contributed by atoms with Gasteiger partial charge in [-0.3, -0.25) is 4.79 Å². The van der Waals surface area contributed by atoms with Crippen LogP contribution in [0.15, 0.2) is 12.1 Å². The molecule has 0 spiro atoms. The van der Waals surface area contributed by atoms with E-state index in [1.54, 1.807) is 11.8 Å². The molecule has 0 radical (unpaired) electrons. The van der Waals surface area contributed by atoms with Crippen LogP contribution < -0.4 is 0 Å². The van der Waals surface area contributed by atoms with Gasteiger partial charge in [-0.25, -0.2) is 4.39 Å². The summed E-state index contributed by atoms with van der Waals surface area (Å²) >= 11 is 1.63.